The molecule has 0 saturated carbocycles. The van der Waals surface area contributed by atoms with Crippen molar-refractivity contribution in [1.29, 1.82) is 0 Å². The molecule has 0 heterocycles. The first-order valence-electron chi connectivity index (χ1n) is 23.7. The van der Waals surface area contributed by atoms with Gasteiger partial charge in [-0.15, -0.1) is 0 Å². The summed E-state index contributed by atoms with van der Waals surface area (Å²) in [6.45, 7) is 2.83. The van der Waals surface area contributed by atoms with Crippen LogP contribution in [-0.2, 0) is 37.5 Å². The van der Waals surface area contributed by atoms with Crippen molar-refractivity contribution in [3.8, 4) is 0 Å². The minimum Gasteiger partial charge on any atom is -0.480 e. The predicted octanol–water partition coefficient (Wildman–Crippen LogP) is 12.8. The minimum atomic E-state index is -4.71. The van der Waals surface area contributed by atoms with Crippen molar-refractivity contribution in [2.24, 2.45) is 5.73 Å². The predicted molar refractivity (Wildman–Crippen MR) is 236 cm³/mol. The second kappa shape index (κ2) is 41.9. The topological polar surface area (TPSA) is 172 Å². The maximum Gasteiger partial charge on any atom is 0.472 e. The summed E-state index contributed by atoms with van der Waals surface area (Å²) in [5.74, 6) is -2.36. The van der Waals surface area contributed by atoms with Gasteiger partial charge in [0.1, 0.15) is 12.6 Å². The van der Waals surface area contributed by atoms with E-state index in [1.807, 2.05) is 0 Å². The molecule has 0 aromatic carbocycles. The van der Waals surface area contributed by atoms with E-state index in [0.717, 1.165) is 38.5 Å². The molecule has 342 valence electrons. The lowest BCUT2D eigenvalue weighted by atomic mass is 10.0. The van der Waals surface area contributed by atoms with Gasteiger partial charge in [0.25, 0.3) is 0 Å². The highest BCUT2D eigenvalue weighted by molar-refractivity contribution is 7.47. The van der Waals surface area contributed by atoms with E-state index in [4.69, 9.17) is 24.8 Å². The molecule has 12 heteroatoms. The van der Waals surface area contributed by atoms with E-state index in [1.165, 1.54) is 154 Å². The van der Waals surface area contributed by atoms with Crippen LogP contribution in [0.4, 0.5) is 0 Å². The van der Waals surface area contributed by atoms with Crippen LogP contribution in [0.1, 0.15) is 232 Å². The van der Waals surface area contributed by atoms with E-state index in [2.05, 4.69) is 30.5 Å². The van der Waals surface area contributed by atoms with Crippen molar-refractivity contribution >= 4 is 25.7 Å². The molecule has 0 aliphatic heterocycles. The fourth-order valence-electron chi connectivity index (χ4n) is 6.77. The summed E-state index contributed by atoms with van der Waals surface area (Å²) in [4.78, 5) is 46.0. The van der Waals surface area contributed by atoms with Gasteiger partial charge in [0.2, 0.25) is 0 Å². The molecule has 0 rings (SSSR count). The maximum absolute atomic E-state index is 12.7. The van der Waals surface area contributed by atoms with E-state index >= 15 is 0 Å². The van der Waals surface area contributed by atoms with Gasteiger partial charge in [-0.2, -0.15) is 0 Å². The lowest BCUT2D eigenvalue weighted by molar-refractivity contribution is -0.161. The van der Waals surface area contributed by atoms with Gasteiger partial charge in [-0.1, -0.05) is 193 Å². The Kier molecular flexibility index (Phi) is 40.6. The van der Waals surface area contributed by atoms with Crippen LogP contribution in [0.15, 0.2) is 12.2 Å². The lowest BCUT2D eigenvalue weighted by Crippen LogP contribution is -2.34. The molecule has 0 fully saturated rings. The quantitative estimate of drug-likeness (QED) is 0.0230. The van der Waals surface area contributed by atoms with Crippen LogP contribution in [0, 0.1) is 0 Å². The Hall–Kier alpha value is -1.78. The second-order valence-electron chi connectivity index (χ2n) is 16.2. The molecule has 11 nitrogen and oxygen atoms in total. The van der Waals surface area contributed by atoms with Gasteiger partial charge < -0.3 is 25.2 Å². The first-order chi connectivity index (χ1) is 28.1. The highest BCUT2D eigenvalue weighted by atomic mass is 31.2. The lowest BCUT2D eigenvalue weighted by Gasteiger charge is -2.20. The Bertz CT molecular complexity index is 1040. The zero-order valence-electron chi connectivity index (χ0n) is 37.2. The van der Waals surface area contributed by atoms with Gasteiger partial charge in [0.15, 0.2) is 6.10 Å². The van der Waals surface area contributed by atoms with Crippen LogP contribution >= 0.6 is 7.82 Å². The van der Waals surface area contributed by atoms with Crippen LogP contribution in [-0.4, -0.2) is 59.9 Å². The number of aliphatic carboxylic acids is 1. The summed E-state index contributed by atoms with van der Waals surface area (Å²) in [5.41, 5.74) is 5.34. The number of esters is 2. The van der Waals surface area contributed by atoms with Gasteiger partial charge in [-0.05, 0) is 38.5 Å². The summed E-state index contributed by atoms with van der Waals surface area (Å²) in [6, 6.07) is -1.52. The van der Waals surface area contributed by atoms with Crippen LogP contribution in [0.25, 0.3) is 0 Å². The number of unbranched alkanes of at least 4 members (excludes halogenated alkanes) is 29. The number of allylic oxidation sites excluding steroid dienone is 2. The molecule has 0 spiro atoms. The zero-order chi connectivity index (χ0) is 42.8. The number of ether oxygens (including phenoxy) is 2. The highest BCUT2D eigenvalue weighted by Crippen LogP contribution is 2.43. The molecule has 58 heavy (non-hydrogen) atoms. The second-order valence-corrected chi connectivity index (χ2v) is 17.7. The molecule has 0 saturated heterocycles. The van der Waals surface area contributed by atoms with E-state index in [0.29, 0.717) is 12.8 Å². The monoisotopic (exact) mass is 846 g/mol. The molecule has 0 aromatic heterocycles. The number of phosphoric ester groups is 1. The molecule has 4 N–H and O–H groups in total. The van der Waals surface area contributed by atoms with Crippen LogP contribution in [0.2, 0.25) is 0 Å². The molecule has 0 aliphatic rings. The van der Waals surface area contributed by atoms with Crippen molar-refractivity contribution in [2.75, 3.05) is 19.8 Å². The Balaban J connectivity index is 4.25. The average Bonchev–Trinajstić information content (AvgIpc) is 3.20. The van der Waals surface area contributed by atoms with Crippen LogP contribution in [0.5, 0.6) is 0 Å². The first-order valence-corrected chi connectivity index (χ1v) is 25.2. The Morgan fingerprint density at radius 3 is 1.26 bits per heavy atom. The molecular weight excluding hydrogens is 757 g/mol. The molecule has 0 bridgehead atoms. The Morgan fingerprint density at radius 2 is 0.862 bits per heavy atom. The van der Waals surface area contributed by atoms with Gasteiger partial charge in [-0.25, -0.2) is 4.57 Å². The number of nitrogens with two attached hydrogens (primary N) is 1. The summed E-state index contributed by atoms with van der Waals surface area (Å²) < 4.78 is 32.8. The number of carbonyl (C=O) groups is 3. The standard InChI is InChI=1S/C46H88NO10P/c1-3-5-7-9-11-13-15-17-18-19-20-21-22-23-24-26-28-30-32-34-36-38-45(49)57-42(40-55-58(52,53)56-41-43(47)46(50)51)39-54-44(48)37-35-33-31-29-27-25-16-14-12-10-8-6-4-2/h19-20,42-43H,3-18,21-41,47H2,1-2H3,(H,50,51)(H,52,53)/b20-19-. The number of carbonyl (C=O) groups excluding carboxylic acids is 2. The summed E-state index contributed by atoms with van der Waals surface area (Å²) in [7, 11) is -4.71. The summed E-state index contributed by atoms with van der Waals surface area (Å²) in [5, 5.41) is 8.90. The SMILES string of the molecule is CCCCCCCCCC/C=C\CCCCCCCCCCCC(=O)OC(COC(=O)CCCCCCCCCCCCCCC)COP(=O)(O)OCC(N)C(=O)O. The third kappa shape index (κ3) is 41.0. The molecule has 0 radical (unpaired) electrons. The summed E-state index contributed by atoms with van der Waals surface area (Å²) in [6.07, 6.45) is 42.7. The Labute approximate surface area is 354 Å². The number of carboxylic acids is 1. The number of rotatable bonds is 45. The van der Waals surface area contributed by atoms with Crippen molar-refractivity contribution in [3.63, 3.8) is 0 Å². The first kappa shape index (κ1) is 56.2. The molecular formula is C46H88NO10P. The van der Waals surface area contributed by atoms with Gasteiger partial charge in [0.05, 0.1) is 13.2 Å². The van der Waals surface area contributed by atoms with Crippen molar-refractivity contribution in [3.05, 3.63) is 12.2 Å². The van der Waals surface area contributed by atoms with Gasteiger partial charge in [0, 0.05) is 12.8 Å². The van der Waals surface area contributed by atoms with Crippen molar-refractivity contribution < 1.29 is 47.5 Å². The fourth-order valence-corrected chi connectivity index (χ4v) is 7.55. The third-order valence-electron chi connectivity index (χ3n) is 10.5. The largest absolute Gasteiger partial charge is 0.480 e. The fraction of sp³-hybridized carbons (Fsp3) is 0.891. The zero-order valence-corrected chi connectivity index (χ0v) is 38.1. The van der Waals surface area contributed by atoms with Gasteiger partial charge in [-0.3, -0.25) is 23.4 Å². The van der Waals surface area contributed by atoms with Crippen LogP contribution in [0.3, 0.4) is 0 Å². The van der Waals surface area contributed by atoms with E-state index in [1.54, 1.807) is 0 Å². The molecule has 3 atom stereocenters. The minimum absolute atomic E-state index is 0.163. The number of hydrogen-bond donors (Lipinski definition) is 3. The summed E-state index contributed by atoms with van der Waals surface area (Å²) >= 11 is 0. The normalized spacial score (nSPS) is 13.7. The van der Waals surface area contributed by atoms with Gasteiger partial charge >= 0.3 is 25.7 Å². The molecule has 0 aromatic rings. The van der Waals surface area contributed by atoms with Crippen molar-refractivity contribution in [1.82, 2.24) is 0 Å². The number of carboxylic acid groups (broad SMARTS) is 1. The molecule has 3 unspecified atom stereocenters. The smallest absolute Gasteiger partial charge is 0.472 e. The van der Waals surface area contributed by atoms with E-state index in [9.17, 15) is 23.8 Å². The van der Waals surface area contributed by atoms with Crippen LogP contribution < -0.4 is 5.73 Å². The average molecular weight is 846 g/mol. The Morgan fingerprint density at radius 1 is 0.517 bits per heavy atom. The highest BCUT2D eigenvalue weighted by Gasteiger charge is 2.28. The van der Waals surface area contributed by atoms with Crippen molar-refractivity contribution in [2.45, 2.75) is 244 Å². The third-order valence-corrected chi connectivity index (χ3v) is 11.5. The maximum atomic E-state index is 12.7. The molecule has 0 aliphatic carbocycles. The number of hydrogen-bond acceptors (Lipinski definition) is 9. The van der Waals surface area contributed by atoms with E-state index < -0.39 is 51.1 Å². The van der Waals surface area contributed by atoms with E-state index in [-0.39, 0.29) is 19.4 Å². The molecule has 0 amide bonds. The number of phosphoric acid groups is 1.